The van der Waals surface area contributed by atoms with Crippen LogP contribution in [0.5, 0.6) is 0 Å². The molecule has 0 saturated heterocycles. The first kappa shape index (κ1) is 14.6. The first-order valence-electron chi connectivity index (χ1n) is 6.40. The first-order chi connectivity index (χ1) is 8.93. The van der Waals surface area contributed by atoms with E-state index in [1.807, 2.05) is 0 Å². The van der Waals surface area contributed by atoms with Crippen molar-refractivity contribution in [1.29, 1.82) is 0 Å². The van der Waals surface area contributed by atoms with Gasteiger partial charge in [0.15, 0.2) is 0 Å². The number of nitrogens with one attached hydrogen (secondary N) is 1. The van der Waals surface area contributed by atoms with Gasteiger partial charge in [-0.1, -0.05) is 42.1 Å². The molecule has 1 saturated carbocycles. The molecule has 0 amide bonds. The number of carboxylic acids is 1. The molecule has 0 bridgehead atoms. The summed E-state index contributed by atoms with van der Waals surface area (Å²) in [7, 11) is 0. The van der Waals surface area contributed by atoms with E-state index in [9.17, 15) is 9.90 Å². The summed E-state index contributed by atoms with van der Waals surface area (Å²) in [4.78, 5) is 11.7. The monoisotopic (exact) mass is 301 g/mol. The van der Waals surface area contributed by atoms with Gasteiger partial charge in [0.2, 0.25) is 0 Å². The van der Waals surface area contributed by atoms with Crippen LogP contribution in [0.2, 0.25) is 10.0 Å². The molecule has 2 rings (SSSR count). The van der Waals surface area contributed by atoms with E-state index in [4.69, 9.17) is 23.2 Å². The molecule has 104 valence electrons. The Balaban J connectivity index is 2.34. The first-order valence-corrected chi connectivity index (χ1v) is 7.15. The molecule has 1 aliphatic carbocycles. The average Bonchev–Trinajstić information content (AvgIpc) is 2.81. The molecule has 0 aromatic heterocycles. The molecule has 1 unspecified atom stereocenters. The maximum absolute atomic E-state index is 11.7. The van der Waals surface area contributed by atoms with E-state index < -0.39 is 11.5 Å². The lowest BCUT2D eigenvalue weighted by atomic mass is 9.90. The average molecular weight is 302 g/mol. The molecule has 19 heavy (non-hydrogen) atoms. The zero-order chi connectivity index (χ0) is 14.0. The summed E-state index contributed by atoms with van der Waals surface area (Å²) in [5.41, 5.74) is -0.630. The van der Waals surface area contributed by atoms with Gasteiger partial charge in [0.25, 0.3) is 0 Å². The number of aliphatic carboxylic acids is 1. The SMILES string of the molecule is CC(NC1CCCC1)(C(=O)O)c1ccc(Cl)cc1Cl. The van der Waals surface area contributed by atoms with Gasteiger partial charge >= 0.3 is 5.97 Å². The molecule has 1 aliphatic rings. The molecule has 0 spiro atoms. The Morgan fingerprint density at radius 2 is 2.00 bits per heavy atom. The fraction of sp³-hybridized carbons (Fsp3) is 0.500. The van der Waals surface area contributed by atoms with Crippen LogP contribution < -0.4 is 5.32 Å². The van der Waals surface area contributed by atoms with Crippen molar-refractivity contribution in [1.82, 2.24) is 5.32 Å². The van der Waals surface area contributed by atoms with Crippen LogP contribution >= 0.6 is 23.2 Å². The van der Waals surface area contributed by atoms with E-state index in [0.717, 1.165) is 25.7 Å². The normalized spacial score (nSPS) is 19.3. The molecule has 0 radical (unpaired) electrons. The van der Waals surface area contributed by atoms with Gasteiger partial charge in [0.05, 0.1) is 0 Å². The molecule has 0 heterocycles. The number of carboxylic acid groups (broad SMARTS) is 1. The maximum atomic E-state index is 11.7. The zero-order valence-corrected chi connectivity index (χ0v) is 12.3. The van der Waals surface area contributed by atoms with E-state index in [2.05, 4.69) is 5.32 Å². The van der Waals surface area contributed by atoms with Crippen LogP contribution in [0.1, 0.15) is 38.2 Å². The third kappa shape index (κ3) is 3.04. The van der Waals surface area contributed by atoms with E-state index in [1.54, 1.807) is 25.1 Å². The van der Waals surface area contributed by atoms with Gasteiger partial charge in [-0.2, -0.15) is 0 Å². The van der Waals surface area contributed by atoms with E-state index >= 15 is 0 Å². The Bertz CT molecular complexity index is 486. The van der Waals surface area contributed by atoms with Gasteiger partial charge in [-0.25, -0.2) is 4.79 Å². The summed E-state index contributed by atoms with van der Waals surface area (Å²) in [6, 6.07) is 5.16. The fourth-order valence-corrected chi connectivity index (χ4v) is 3.23. The standard InChI is InChI=1S/C14H17Cl2NO2/c1-14(13(18)19,17-10-4-2-3-5-10)11-7-6-9(15)8-12(11)16/h6-8,10,17H,2-5H2,1H3,(H,18,19). The van der Waals surface area contributed by atoms with Crippen LogP contribution in [0, 0.1) is 0 Å². The van der Waals surface area contributed by atoms with Crippen LogP contribution in [0.15, 0.2) is 18.2 Å². The molecule has 1 aromatic carbocycles. The lowest BCUT2D eigenvalue weighted by Gasteiger charge is -2.31. The molecule has 5 heteroatoms. The van der Waals surface area contributed by atoms with Crippen LogP contribution in [-0.2, 0) is 10.3 Å². The quantitative estimate of drug-likeness (QED) is 0.889. The second kappa shape index (κ2) is 5.70. The van der Waals surface area contributed by atoms with E-state index in [0.29, 0.717) is 15.6 Å². The highest BCUT2D eigenvalue weighted by molar-refractivity contribution is 6.35. The number of benzene rings is 1. The third-order valence-electron chi connectivity index (χ3n) is 3.75. The zero-order valence-electron chi connectivity index (χ0n) is 10.7. The summed E-state index contributed by atoms with van der Waals surface area (Å²) >= 11 is 12.0. The van der Waals surface area contributed by atoms with Crippen LogP contribution in [0.3, 0.4) is 0 Å². The largest absolute Gasteiger partial charge is 0.480 e. The van der Waals surface area contributed by atoms with E-state index in [-0.39, 0.29) is 6.04 Å². The van der Waals surface area contributed by atoms with Crippen molar-refractivity contribution in [2.24, 2.45) is 0 Å². The Morgan fingerprint density at radius 3 is 2.53 bits per heavy atom. The van der Waals surface area contributed by atoms with Crippen molar-refractivity contribution < 1.29 is 9.90 Å². The summed E-state index contributed by atoms with van der Waals surface area (Å²) in [6.07, 6.45) is 4.30. The van der Waals surface area contributed by atoms with E-state index in [1.165, 1.54) is 0 Å². The van der Waals surface area contributed by atoms with Crippen molar-refractivity contribution in [3.8, 4) is 0 Å². The van der Waals surface area contributed by atoms with Gasteiger partial charge in [-0.05, 0) is 31.9 Å². The summed E-state index contributed by atoms with van der Waals surface area (Å²) in [5.74, 6) is -0.927. The van der Waals surface area contributed by atoms with Gasteiger partial charge in [-0.15, -0.1) is 0 Å². The fourth-order valence-electron chi connectivity index (χ4n) is 2.63. The molecular formula is C14H17Cl2NO2. The van der Waals surface area contributed by atoms with Gasteiger partial charge in [0.1, 0.15) is 5.54 Å². The maximum Gasteiger partial charge on any atom is 0.328 e. The number of halogens is 2. The van der Waals surface area contributed by atoms with Crippen LogP contribution in [0.4, 0.5) is 0 Å². The number of hydrogen-bond acceptors (Lipinski definition) is 2. The predicted molar refractivity (Wildman–Crippen MR) is 76.8 cm³/mol. The molecular weight excluding hydrogens is 285 g/mol. The van der Waals surface area contributed by atoms with Crippen molar-refractivity contribution in [3.63, 3.8) is 0 Å². The van der Waals surface area contributed by atoms with Gasteiger partial charge in [0, 0.05) is 21.7 Å². The van der Waals surface area contributed by atoms with Crippen LogP contribution in [-0.4, -0.2) is 17.1 Å². The summed E-state index contributed by atoms with van der Waals surface area (Å²) in [6.45, 7) is 1.66. The third-order valence-corrected chi connectivity index (χ3v) is 4.29. The van der Waals surface area contributed by atoms with Gasteiger partial charge < -0.3 is 5.11 Å². The summed E-state index contributed by atoms with van der Waals surface area (Å²) in [5, 5.41) is 13.7. The molecule has 3 nitrogen and oxygen atoms in total. The molecule has 0 aliphatic heterocycles. The van der Waals surface area contributed by atoms with Crippen LogP contribution in [0.25, 0.3) is 0 Å². The number of carbonyl (C=O) groups is 1. The Kier molecular flexibility index (Phi) is 4.39. The highest BCUT2D eigenvalue weighted by Crippen LogP contribution is 2.33. The van der Waals surface area contributed by atoms with Crippen molar-refractivity contribution in [2.75, 3.05) is 0 Å². The lowest BCUT2D eigenvalue weighted by Crippen LogP contribution is -2.50. The highest BCUT2D eigenvalue weighted by atomic mass is 35.5. The Hall–Kier alpha value is -0.770. The predicted octanol–water partition coefficient (Wildman–Crippen LogP) is 3.83. The van der Waals surface area contributed by atoms with Crippen molar-refractivity contribution in [3.05, 3.63) is 33.8 Å². The second-order valence-corrected chi connectivity index (χ2v) is 6.02. The van der Waals surface area contributed by atoms with Crippen molar-refractivity contribution >= 4 is 29.2 Å². The summed E-state index contributed by atoms with van der Waals surface area (Å²) < 4.78 is 0. The van der Waals surface area contributed by atoms with Crippen molar-refractivity contribution in [2.45, 2.75) is 44.2 Å². The molecule has 1 atom stereocenters. The molecule has 2 N–H and O–H groups in total. The van der Waals surface area contributed by atoms with Gasteiger partial charge in [-0.3, -0.25) is 5.32 Å². The topological polar surface area (TPSA) is 49.3 Å². The Morgan fingerprint density at radius 1 is 1.37 bits per heavy atom. The minimum absolute atomic E-state index is 0.229. The number of rotatable bonds is 4. The molecule has 1 fully saturated rings. The minimum atomic E-state index is -1.18. The minimum Gasteiger partial charge on any atom is -0.480 e. The lowest BCUT2D eigenvalue weighted by molar-refractivity contribution is -0.145. The highest BCUT2D eigenvalue weighted by Gasteiger charge is 2.39. The number of hydrogen-bond donors (Lipinski definition) is 2. The molecule has 1 aromatic rings. The Labute approximate surface area is 122 Å². The second-order valence-electron chi connectivity index (χ2n) is 5.18. The smallest absolute Gasteiger partial charge is 0.328 e.